The largest absolute Gasteiger partial charge is 0.463 e. The van der Waals surface area contributed by atoms with Crippen molar-refractivity contribution in [3.8, 4) is 0 Å². The number of fused-ring (bicyclic) bond motifs is 1. The molecule has 0 saturated heterocycles. The summed E-state index contributed by atoms with van der Waals surface area (Å²) in [6, 6.07) is 23.0. The Morgan fingerprint density at radius 1 is 0.577 bits per heavy atom. The molecule has 5 aromatic rings. The predicted octanol–water partition coefficient (Wildman–Crippen LogP) is 5.56. The Labute approximate surface area is 410 Å². The molecule has 71 heavy (non-hydrogen) atoms. The molecule has 3 atom stereocenters. The SMILES string of the molecule is CC(C)C(NC(=O)OCc1ccccc1)C(=O)OCC(CCn1cnc2c(=O)[nH]c(N)nc21)(COC(=O)C(NC(=O)OCc1ccccc1)C(C)C)COC(=O)C(NC(=O)OCc1ccccc1)C(C)C. The van der Waals surface area contributed by atoms with Crippen molar-refractivity contribution in [1.29, 1.82) is 0 Å². The summed E-state index contributed by atoms with van der Waals surface area (Å²) in [5.41, 5.74) is 5.86. The number of aryl methyl sites for hydroxylation is 1. The fourth-order valence-electron chi connectivity index (χ4n) is 6.94. The average Bonchev–Trinajstić information content (AvgIpc) is 3.77. The van der Waals surface area contributed by atoms with E-state index in [1.165, 1.54) is 10.9 Å². The van der Waals surface area contributed by atoms with E-state index in [2.05, 4.69) is 30.9 Å². The Kier molecular flexibility index (Phi) is 19.9. The van der Waals surface area contributed by atoms with E-state index in [1.807, 2.05) is 18.2 Å². The van der Waals surface area contributed by atoms with Crippen LogP contribution in [0.2, 0.25) is 0 Å². The van der Waals surface area contributed by atoms with Crippen LogP contribution < -0.4 is 27.2 Å². The van der Waals surface area contributed by atoms with Gasteiger partial charge in [-0.05, 0) is 40.9 Å². The van der Waals surface area contributed by atoms with Gasteiger partial charge in [-0.25, -0.2) is 33.8 Å². The number of benzene rings is 3. The lowest BCUT2D eigenvalue weighted by molar-refractivity contribution is -0.166. The third kappa shape index (κ3) is 16.6. The molecule has 5 rings (SSSR count). The third-order valence-corrected chi connectivity index (χ3v) is 11.2. The van der Waals surface area contributed by atoms with E-state index in [0.717, 1.165) is 0 Å². The van der Waals surface area contributed by atoms with Gasteiger partial charge in [-0.1, -0.05) is 133 Å². The molecule has 0 aliphatic rings. The molecule has 0 aliphatic carbocycles. The first-order valence-electron chi connectivity index (χ1n) is 23.1. The van der Waals surface area contributed by atoms with Gasteiger partial charge < -0.3 is 54.7 Å². The predicted molar refractivity (Wildman–Crippen MR) is 258 cm³/mol. The van der Waals surface area contributed by atoms with Crippen LogP contribution in [0, 0.1) is 23.2 Å². The van der Waals surface area contributed by atoms with Crippen molar-refractivity contribution >= 4 is 53.3 Å². The van der Waals surface area contributed by atoms with Crippen LogP contribution in [-0.4, -0.2) is 93.7 Å². The fourth-order valence-corrected chi connectivity index (χ4v) is 6.94. The van der Waals surface area contributed by atoms with Crippen LogP contribution in [0.3, 0.4) is 0 Å². The number of nitrogens with one attached hydrogen (secondary N) is 4. The molecule has 2 heterocycles. The molecular formula is C50H62N8O13. The van der Waals surface area contributed by atoms with Gasteiger partial charge >= 0.3 is 36.2 Å². The molecular weight excluding hydrogens is 921 g/mol. The Balaban J connectivity index is 1.44. The van der Waals surface area contributed by atoms with Gasteiger partial charge in [0.25, 0.3) is 5.56 Å². The molecule has 0 spiro atoms. The maximum atomic E-state index is 14.1. The van der Waals surface area contributed by atoms with Crippen molar-refractivity contribution < 1.29 is 57.2 Å². The smallest absolute Gasteiger partial charge is 0.408 e. The molecule has 21 nitrogen and oxygen atoms in total. The zero-order valence-corrected chi connectivity index (χ0v) is 40.6. The van der Waals surface area contributed by atoms with Gasteiger partial charge in [0.2, 0.25) is 5.95 Å². The zero-order chi connectivity index (χ0) is 51.5. The molecule has 380 valence electrons. The molecule has 0 radical (unpaired) electrons. The number of nitrogens with zero attached hydrogens (tertiary/aromatic N) is 3. The average molecular weight is 983 g/mol. The quantitative estimate of drug-likeness (QED) is 0.0374. The second-order valence-corrected chi connectivity index (χ2v) is 17.9. The topological polar surface area (TPSA) is 283 Å². The van der Waals surface area contributed by atoms with E-state index < -0.39 is 103 Å². The summed E-state index contributed by atoms with van der Waals surface area (Å²) in [7, 11) is 0. The number of hydrogen-bond acceptors (Lipinski definition) is 16. The van der Waals surface area contributed by atoms with Crippen LogP contribution in [0.15, 0.2) is 102 Å². The minimum Gasteiger partial charge on any atom is -0.463 e. The Hall–Kier alpha value is -7.97. The first kappa shape index (κ1) is 54.0. The summed E-state index contributed by atoms with van der Waals surface area (Å²) in [6.07, 6.45) is -1.47. The maximum Gasteiger partial charge on any atom is 0.408 e. The molecule has 0 fully saturated rings. The maximum absolute atomic E-state index is 14.1. The van der Waals surface area contributed by atoms with E-state index in [0.29, 0.717) is 16.7 Å². The van der Waals surface area contributed by atoms with E-state index in [-0.39, 0.29) is 49.9 Å². The van der Waals surface area contributed by atoms with E-state index in [4.69, 9.17) is 34.2 Å². The third-order valence-electron chi connectivity index (χ3n) is 11.2. The number of rotatable bonds is 24. The summed E-state index contributed by atoms with van der Waals surface area (Å²) < 4.78 is 35.5. The molecule has 6 N–H and O–H groups in total. The van der Waals surface area contributed by atoms with Gasteiger partial charge in [0.1, 0.15) is 57.8 Å². The monoisotopic (exact) mass is 982 g/mol. The van der Waals surface area contributed by atoms with Crippen LogP contribution in [0.4, 0.5) is 20.3 Å². The van der Waals surface area contributed by atoms with Crippen LogP contribution in [-0.2, 0) is 69.2 Å². The highest BCUT2D eigenvalue weighted by atomic mass is 16.6. The van der Waals surface area contributed by atoms with Crippen molar-refractivity contribution in [3.05, 3.63) is 124 Å². The number of amides is 3. The number of hydrogen-bond donors (Lipinski definition) is 5. The first-order valence-corrected chi connectivity index (χ1v) is 23.1. The summed E-state index contributed by atoms with van der Waals surface area (Å²) in [5.74, 6) is -4.48. The number of imidazole rings is 1. The summed E-state index contributed by atoms with van der Waals surface area (Å²) >= 11 is 0. The summed E-state index contributed by atoms with van der Waals surface area (Å²) in [6.45, 7) is 7.99. The number of carbonyl (C=O) groups excluding carboxylic acids is 6. The number of nitrogens with two attached hydrogens (primary N) is 1. The number of nitrogen functional groups attached to an aromatic ring is 1. The van der Waals surface area contributed by atoms with Crippen LogP contribution >= 0.6 is 0 Å². The van der Waals surface area contributed by atoms with Gasteiger partial charge in [-0.3, -0.25) is 9.78 Å². The number of ether oxygens (including phenoxy) is 6. The number of carbonyl (C=O) groups is 6. The normalized spacial score (nSPS) is 13.3. The minimum absolute atomic E-state index is 0.0333. The minimum atomic E-state index is -1.63. The molecule has 21 heteroatoms. The van der Waals surface area contributed by atoms with Crippen LogP contribution in [0.5, 0.6) is 0 Å². The van der Waals surface area contributed by atoms with Gasteiger partial charge in [0.05, 0.1) is 11.7 Å². The molecule has 0 bridgehead atoms. The van der Waals surface area contributed by atoms with Gasteiger partial charge in [0.15, 0.2) is 11.2 Å². The first-order chi connectivity index (χ1) is 33.9. The number of anilines is 1. The number of H-pyrrole nitrogens is 1. The van der Waals surface area contributed by atoms with Gasteiger partial charge in [-0.15, -0.1) is 0 Å². The molecule has 0 aliphatic heterocycles. The van der Waals surface area contributed by atoms with Crippen molar-refractivity contribution in [3.63, 3.8) is 0 Å². The van der Waals surface area contributed by atoms with Crippen molar-refractivity contribution in [2.24, 2.45) is 23.2 Å². The van der Waals surface area contributed by atoms with Crippen molar-refractivity contribution in [1.82, 2.24) is 35.5 Å². The highest BCUT2D eigenvalue weighted by Gasteiger charge is 2.40. The van der Waals surface area contributed by atoms with Crippen LogP contribution in [0.25, 0.3) is 11.2 Å². The van der Waals surface area contributed by atoms with Gasteiger partial charge in [0, 0.05) is 6.54 Å². The number of alkyl carbamates (subject to hydrolysis) is 3. The van der Waals surface area contributed by atoms with Crippen LogP contribution in [0.1, 0.15) is 64.7 Å². The molecule has 3 amide bonds. The van der Waals surface area contributed by atoms with Crippen molar-refractivity contribution in [2.45, 2.75) is 92.5 Å². The van der Waals surface area contributed by atoms with E-state index >= 15 is 0 Å². The van der Waals surface area contributed by atoms with E-state index in [1.54, 1.807) is 114 Å². The summed E-state index contributed by atoms with van der Waals surface area (Å²) in [4.78, 5) is 105. The number of aromatic amines is 1. The molecule has 0 saturated carbocycles. The molecule has 3 aromatic carbocycles. The molecule has 3 unspecified atom stereocenters. The summed E-state index contributed by atoms with van der Waals surface area (Å²) in [5, 5.41) is 7.70. The standard InChI is InChI=1S/C50H62N8O13/c1-31(2)37(53-47(63)66-24-34-16-10-7-11-17-34)43(60)69-27-50(22-23-58-30-52-40-41(58)56-46(51)57-42(40)59,28-70-44(61)38(32(3)4)54-48(64)67-25-35-18-12-8-13-19-35)29-71-45(62)39(33(5)6)55-49(65)68-26-36-20-14-9-15-21-36/h7-21,30-33,37-39H,22-29H2,1-6H3,(H,53,63)(H,54,64)(H,55,65)(H3,51,56,57,59). The second kappa shape index (κ2) is 26.1. The van der Waals surface area contributed by atoms with Gasteiger partial charge in [-0.2, -0.15) is 4.98 Å². The Morgan fingerprint density at radius 3 is 1.27 bits per heavy atom. The lowest BCUT2D eigenvalue weighted by atomic mass is 9.86. The molecule has 2 aromatic heterocycles. The Morgan fingerprint density at radius 2 is 0.930 bits per heavy atom. The lowest BCUT2D eigenvalue weighted by Gasteiger charge is -2.34. The number of esters is 3. The number of aromatic nitrogens is 4. The highest BCUT2D eigenvalue weighted by Crippen LogP contribution is 2.28. The zero-order valence-electron chi connectivity index (χ0n) is 40.6. The van der Waals surface area contributed by atoms with Crippen molar-refractivity contribution in [2.75, 3.05) is 25.6 Å². The Bertz CT molecular complexity index is 2400. The fraction of sp³-hybridized carbons (Fsp3) is 0.420. The second-order valence-electron chi connectivity index (χ2n) is 17.9. The lowest BCUT2D eigenvalue weighted by Crippen LogP contribution is -2.50. The highest BCUT2D eigenvalue weighted by molar-refractivity contribution is 5.83. The van der Waals surface area contributed by atoms with E-state index in [9.17, 15) is 33.6 Å².